The number of hydrogen-bond acceptors (Lipinski definition) is 7. The number of carbonyl (C=O) groups is 1. The van der Waals surface area contributed by atoms with E-state index in [1.807, 2.05) is 74.5 Å². The number of rotatable bonds is 9. The lowest BCUT2D eigenvalue weighted by atomic mass is 9.95. The first-order valence-corrected chi connectivity index (χ1v) is 16.3. The molecule has 0 aliphatic carbocycles. The average Bonchev–Trinajstić information content (AvgIpc) is 3.37. The third-order valence-corrected chi connectivity index (χ3v) is 9.16. The monoisotopic (exact) mass is 682 g/mol. The number of halogens is 1. The Kier molecular flexibility index (Phi) is 9.00. The number of esters is 1. The first-order chi connectivity index (χ1) is 21.9. The number of hydrogen-bond donors (Lipinski definition) is 0. The Hall–Kier alpha value is -4.47. The Morgan fingerprint density at radius 1 is 0.978 bits per heavy atom. The lowest BCUT2D eigenvalue weighted by molar-refractivity contribution is -0.136. The van der Waals surface area contributed by atoms with Gasteiger partial charge in [0, 0.05) is 0 Å². The van der Waals surface area contributed by atoms with E-state index in [-0.39, 0.29) is 5.56 Å². The smallest absolute Gasteiger partial charge is 0.338 e. The molecule has 2 heterocycles. The van der Waals surface area contributed by atoms with Gasteiger partial charge in [0.1, 0.15) is 6.61 Å². The summed E-state index contributed by atoms with van der Waals surface area (Å²) < 4.78 is 20.2. The fraction of sp³-hybridized carbons (Fsp3) is 0.194. The predicted octanol–water partition coefficient (Wildman–Crippen LogP) is 6.69. The molecule has 0 bridgehead atoms. The minimum absolute atomic E-state index is 0.241. The van der Waals surface area contributed by atoms with Crippen LogP contribution in [-0.2, 0) is 16.1 Å². The van der Waals surface area contributed by atoms with E-state index in [2.05, 4.69) is 46.3 Å². The SMILES string of the molecule is CCOc1cc(/C=c2\sc3n(c2=O)[C@H](c2ccccc2)C(C(=O)OC)=C(CC)N=3)cc(Br)c1OCc1ccc2ccccc2c1. The third-order valence-electron chi connectivity index (χ3n) is 7.59. The maximum absolute atomic E-state index is 14.0. The zero-order chi connectivity index (χ0) is 31.5. The molecule has 4 aromatic carbocycles. The number of allylic oxidation sites excluding steroid dienone is 1. The molecule has 1 aliphatic rings. The summed E-state index contributed by atoms with van der Waals surface area (Å²) in [5.74, 6) is 0.654. The third kappa shape index (κ3) is 6.10. The van der Waals surface area contributed by atoms with Crippen LogP contribution in [0.4, 0.5) is 0 Å². The topological polar surface area (TPSA) is 79.1 Å². The molecule has 1 aromatic heterocycles. The van der Waals surface area contributed by atoms with Crippen molar-refractivity contribution >= 4 is 50.1 Å². The lowest BCUT2D eigenvalue weighted by Gasteiger charge is -2.25. The van der Waals surface area contributed by atoms with Gasteiger partial charge in [0.15, 0.2) is 16.3 Å². The van der Waals surface area contributed by atoms with Gasteiger partial charge in [-0.05, 0) is 81.0 Å². The van der Waals surface area contributed by atoms with Crippen molar-refractivity contribution in [2.75, 3.05) is 13.7 Å². The van der Waals surface area contributed by atoms with Gasteiger partial charge in [-0.2, -0.15) is 0 Å². The van der Waals surface area contributed by atoms with Gasteiger partial charge < -0.3 is 14.2 Å². The number of ether oxygens (including phenoxy) is 3. The Morgan fingerprint density at radius 2 is 1.73 bits per heavy atom. The molecule has 1 atom stereocenters. The summed E-state index contributed by atoms with van der Waals surface area (Å²) >= 11 is 4.97. The number of thiazole rings is 1. The standard InChI is InChI=1S/C36H31BrN2O5S/c1-4-28-31(35(41)42-3)32(25-12-7-6-8-13-25)39-34(40)30(45-36(39)38-28)20-23-18-27(37)33(29(19-23)43-5-2)44-21-22-15-16-24-11-9-10-14-26(24)17-22/h6-20,32H,4-5,21H2,1-3H3/b30-20-/t32-/m1/s1. The number of carbonyl (C=O) groups excluding carboxylic acids is 1. The van der Waals surface area contributed by atoms with Crippen molar-refractivity contribution in [1.82, 2.24) is 4.57 Å². The van der Waals surface area contributed by atoms with Gasteiger partial charge in [-0.15, -0.1) is 0 Å². The molecule has 0 radical (unpaired) electrons. The number of aromatic nitrogens is 1. The molecule has 45 heavy (non-hydrogen) atoms. The quantitative estimate of drug-likeness (QED) is 0.162. The highest BCUT2D eigenvalue weighted by molar-refractivity contribution is 9.10. The zero-order valence-electron chi connectivity index (χ0n) is 25.1. The molecule has 0 saturated heterocycles. The van der Waals surface area contributed by atoms with Crippen molar-refractivity contribution in [2.24, 2.45) is 4.99 Å². The van der Waals surface area contributed by atoms with Crippen LogP contribution in [0, 0.1) is 0 Å². The van der Waals surface area contributed by atoms with Gasteiger partial charge in [-0.3, -0.25) is 9.36 Å². The summed E-state index contributed by atoms with van der Waals surface area (Å²) in [7, 11) is 1.35. The van der Waals surface area contributed by atoms with Crippen molar-refractivity contribution in [1.29, 1.82) is 0 Å². The van der Waals surface area contributed by atoms with E-state index < -0.39 is 12.0 Å². The maximum Gasteiger partial charge on any atom is 0.338 e. The van der Waals surface area contributed by atoms with E-state index >= 15 is 0 Å². The van der Waals surface area contributed by atoms with Gasteiger partial charge in [0.05, 0.1) is 40.0 Å². The van der Waals surface area contributed by atoms with E-state index in [1.54, 1.807) is 4.57 Å². The highest BCUT2D eigenvalue weighted by Gasteiger charge is 2.33. The van der Waals surface area contributed by atoms with E-state index in [0.29, 0.717) is 56.2 Å². The molecule has 9 heteroatoms. The van der Waals surface area contributed by atoms with Gasteiger partial charge in [0.25, 0.3) is 5.56 Å². The van der Waals surface area contributed by atoms with E-state index in [4.69, 9.17) is 19.2 Å². The van der Waals surface area contributed by atoms with Gasteiger partial charge in [-0.25, -0.2) is 9.79 Å². The summed E-state index contributed by atoms with van der Waals surface area (Å²) in [6, 6.07) is 27.1. The Labute approximate surface area is 272 Å². The highest BCUT2D eigenvalue weighted by atomic mass is 79.9. The molecule has 7 nitrogen and oxygen atoms in total. The summed E-state index contributed by atoms with van der Waals surface area (Å²) in [5, 5.41) is 2.33. The Morgan fingerprint density at radius 3 is 2.47 bits per heavy atom. The molecule has 0 amide bonds. The molecule has 0 unspecified atom stereocenters. The second-order valence-corrected chi connectivity index (χ2v) is 12.3. The maximum atomic E-state index is 14.0. The predicted molar refractivity (Wildman–Crippen MR) is 180 cm³/mol. The van der Waals surface area contributed by atoms with E-state index in [0.717, 1.165) is 22.1 Å². The zero-order valence-corrected chi connectivity index (χ0v) is 27.5. The molecule has 0 saturated carbocycles. The first-order valence-electron chi connectivity index (χ1n) is 14.7. The molecule has 228 valence electrons. The van der Waals surface area contributed by atoms with Crippen molar-refractivity contribution < 1.29 is 19.0 Å². The van der Waals surface area contributed by atoms with Crippen molar-refractivity contribution in [3.05, 3.63) is 137 Å². The van der Waals surface area contributed by atoms with Crippen LogP contribution in [-0.4, -0.2) is 24.3 Å². The van der Waals surface area contributed by atoms with Crippen LogP contribution >= 0.6 is 27.3 Å². The minimum atomic E-state index is -0.649. The van der Waals surface area contributed by atoms with Gasteiger partial charge in [-0.1, -0.05) is 85.0 Å². The minimum Gasteiger partial charge on any atom is -0.490 e. The van der Waals surface area contributed by atoms with Gasteiger partial charge >= 0.3 is 5.97 Å². The van der Waals surface area contributed by atoms with E-state index in [1.165, 1.54) is 23.8 Å². The summed E-state index contributed by atoms with van der Waals surface area (Å²) in [6.45, 7) is 4.66. The number of fused-ring (bicyclic) bond motifs is 2. The van der Waals surface area contributed by atoms with Crippen LogP contribution in [0.2, 0.25) is 0 Å². The fourth-order valence-electron chi connectivity index (χ4n) is 5.52. The van der Waals surface area contributed by atoms with Crippen LogP contribution in [0.3, 0.4) is 0 Å². The Bertz CT molecular complexity index is 2120. The van der Waals surface area contributed by atoms with Crippen molar-refractivity contribution in [3.8, 4) is 11.5 Å². The number of benzene rings is 4. The summed E-state index contributed by atoms with van der Waals surface area (Å²) in [5.41, 5.74) is 3.35. The molecule has 6 rings (SSSR count). The normalized spacial score (nSPS) is 14.7. The van der Waals surface area contributed by atoms with Crippen molar-refractivity contribution in [2.45, 2.75) is 32.9 Å². The Balaban J connectivity index is 1.39. The van der Waals surface area contributed by atoms with Gasteiger partial charge in [0.2, 0.25) is 0 Å². The average molecular weight is 684 g/mol. The lowest BCUT2D eigenvalue weighted by Crippen LogP contribution is -2.40. The molecular formula is C36H31BrN2O5S. The van der Waals surface area contributed by atoms with Crippen LogP contribution in [0.5, 0.6) is 11.5 Å². The van der Waals surface area contributed by atoms with Crippen LogP contribution in [0.1, 0.15) is 43.0 Å². The van der Waals surface area contributed by atoms with Crippen molar-refractivity contribution in [3.63, 3.8) is 0 Å². The second kappa shape index (κ2) is 13.3. The van der Waals surface area contributed by atoms with Crippen LogP contribution in [0.15, 0.2) is 110 Å². The molecule has 1 aliphatic heterocycles. The largest absolute Gasteiger partial charge is 0.490 e. The molecule has 0 N–H and O–H groups in total. The van der Waals surface area contributed by atoms with Crippen LogP contribution in [0.25, 0.3) is 16.8 Å². The van der Waals surface area contributed by atoms with E-state index in [9.17, 15) is 9.59 Å². The number of methoxy groups -OCH3 is 1. The highest BCUT2D eigenvalue weighted by Crippen LogP contribution is 2.38. The molecule has 5 aromatic rings. The second-order valence-electron chi connectivity index (χ2n) is 10.4. The fourth-order valence-corrected chi connectivity index (χ4v) is 7.12. The number of nitrogens with zero attached hydrogens (tertiary/aromatic N) is 2. The summed E-state index contributed by atoms with van der Waals surface area (Å²) in [6.07, 6.45) is 2.34. The first kappa shape index (κ1) is 30.6. The summed E-state index contributed by atoms with van der Waals surface area (Å²) in [4.78, 5) is 32.3. The van der Waals surface area contributed by atoms with Crippen LogP contribution < -0.4 is 24.4 Å². The molecule has 0 spiro atoms. The molecular weight excluding hydrogens is 652 g/mol. The molecule has 0 fully saturated rings.